The molecule has 1 aromatic carbocycles. The molecule has 2 rings (SSSR count). The third-order valence-corrected chi connectivity index (χ3v) is 4.87. The number of benzene rings is 1. The standard InChI is InChI=1S/C15H18Cl2N2S/c1-3-13-14(9-18-4-2)20-15(19-13)8-10-5-6-11(16)12(17)7-10/h5-7,18H,3-4,8-9H2,1-2H3. The maximum absolute atomic E-state index is 6.05. The average molecular weight is 329 g/mol. The number of nitrogens with zero attached hydrogens (tertiary/aromatic N) is 1. The van der Waals surface area contributed by atoms with Crippen LogP contribution >= 0.6 is 34.5 Å². The number of thiazole rings is 1. The molecule has 1 heterocycles. The molecule has 5 heteroatoms. The summed E-state index contributed by atoms with van der Waals surface area (Å²) in [5.74, 6) is 0. The molecule has 0 atom stereocenters. The lowest BCUT2D eigenvalue weighted by molar-refractivity contribution is 0.727. The topological polar surface area (TPSA) is 24.9 Å². The van der Waals surface area contributed by atoms with E-state index in [1.807, 2.05) is 18.2 Å². The molecule has 0 amide bonds. The summed E-state index contributed by atoms with van der Waals surface area (Å²) in [5.41, 5.74) is 2.34. The second-order valence-corrected chi connectivity index (χ2v) is 6.52. The summed E-state index contributed by atoms with van der Waals surface area (Å²) in [6.07, 6.45) is 1.78. The van der Waals surface area contributed by atoms with Crippen molar-refractivity contribution in [3.63, 3.8) is 0 Å². The van der Waals surface area contributed by atoms with Crippen LogP contribution in [-0.2, 0) is 19.4 Å². The molecule has 0 aliphatic rings. The number of hydrogen-bond donors (Lipinski definition) is 1. The van der Waals surface area contributed by atoms with E-state index in [-0.39, 0.29) is 0 Å². The molecule has 1 aromatic heterocycles. The highest BCUT2D eigenvalue weighted by molar-refractivity contribution is 7.11. The number of aryl methyl sites for hydroxylation is 1. The van der Waals surface area contributed by atoms with E-state index in [4.69, 9.17) is 28.2 Å². The summed E-state index contributed by atoms with van der Waals surface area (Å²) < 4.78 is 0. The molecule has 20 heavy (non-hydrogen) atoms. The quantitative estimate of drug-likeness (QED) is 0.830. The summed E-state index contributed by atoms with van der Waals surface area (Å²) in [7, 11) is 0. The number of aromatic nitrogens is 1. The number of hydrogen-bond acceptors (Lipinski definition) is 3. The highest BCUT2D eigenvalue weighted by atomic mass is 35.5. The third kappa shape index (κ3) is 3.95. The van der Waals surface area contributed by atoms with Crippen molar-refractivity contribution in [3.8, 4) is 0 Å². The van der Waals surface area contributed by atoms with E-state index in [1.165, 1.54) is 10.6 Å². The van der Waals surface area contributed by atoms with Gasteiger partial charge in [-0.2, -0.15) is 0 Å². The maximum Gasteiger partial charge on any atom is 0.0975 e. The first-order chi connectivity index (χ1) is 9.63. The van der Waals surface area contributed by atoms with Gasteiger partial charge in [0.05, 0.1) is 20.7 Å². The van der Waals surface area contributed by atoms with Gasteiger partial charge in [0.1, 0.15) is 0 Å². The van der Waals surface area contributed by atoms with E-state index < -0.39 is 0 Å². The molecule has 0 aliphatic carbocycles. The molecule has 0 saturated heterocycles. The van der Waals surface area contributed by atoms with Crippen LogP contribution in [0.15, 0.2) is 18.2 Å². The van der Waals surface area contributed by atoms with E-state index in [9.17, 15) is 0 Å². The molecule has 0 radical (unpaired) electrons. The van der Waals surface area contributed by atoms with Gasteiger partial charge in [0.15, 0.2) is 0 Å². The lowest BCUT2D eigenvalue weighted by Gasteiger charge is -2.00. The summed E-state index contributed by atoms with van der Waals surface area (Å²) in [6, 6.07) is 5.76. The summed E-state index contributed by atoms with van der Waals surface area (Å²) in [5, 5.41) is 5.69. The van der Waals surface area contributed by atoms with Crippen LogP contribution in [0.4, 0.5) is 0 Å². The van der Waals surface area contributed by atoms with Gasteiger partial charge in [-0.1, -0.05) is 43.1 Å². The van der Waals surface area contributed by atoms with Crippen LogP contribution in [0.1, 0.15) is 35.0 Å². The number of nitrogens with one attached hydrogen (secondary N) is 1. The summed E-state index contributed by atoms with van der Waals surface area (Å²) >= 11 is 13.8. The van der Waals surface area contributed by atoms with Crippen LogP contribution in [0.5, 0.6) is 0 Å². The van der Waals surface area contributed by atoms with Gasteiger partial charge in [-0.05, 0) is 30.7 Å². The van der Waals surface area contributed by atoms with E-state index in [1.54, 1.807) is 11.3 Å². The van der Waals surface area contributed by atoms with Crippen molar-refractivity contribution in [2.24, 2.45) is 0 Å². The minimum absolute atomic E-state index is 0.594. The fourth-order valence-electron chi connectivity index (χ4n) is 1.99. The average Bonchev–Trinajstić information content (AvgIpc) is 2.82. The Hall–Kier alpha value is -0.610. The van der Waals surface area contributed by atoms with Gasteiger partial charge in [0, 0.05) is 17.8 Å². The first kappa shape index (κ1) is 15.8. The smallest absolute Gasteiger partial charge is 0.0975 e. The van der Waals surface area contributed by atoms with Gasteiger partial charge < -0.3 is 5.32 Å². The minimum atomic E-state index is 0.594. The molecular weight excluding hydrogens is 311 g/mol. The van der Waals surface area contributed by atoms with Crippen molar-refractivity contribution in [1.29, 1.82) is 0 Å². The molecular formula is C15H18Cl2N2S. The van der Waals surface area contributed by atoms with Crippen molar-refractivity contribution >= 4 is 34.5 Å². The molecule has 0 fully saturated rings. The van der Waals surface area contributed by atoms with Crippen LogP contribution in [0.25, 0.3) is 0 Å². The Morgan fingerprint density at radius 2 is 2.00 bits per heavy atom. The molecule has 0 bridgehead atoms. The Labute approximate surface area is 134 Å². The first-order valence-electron chi connectivity index (χ1n) is 6.76. The zero-order chi connectivity index (χ0) is 14.5. The van der Waals surface area contributed by atoms with Crippen LogP contribution in [0.2, 0.25) is 10.0 Å². The molecule has 108 valence electrons. The normalized spacial score (nSPS) is 11.0. The lowest BCUT2D eigenvalue weighted by Crippen LogP contribution is -2.11. The van der Waals surface area contributed by atoms with E-state index in [2.05, 4.69) is 19.2 Å². The zero-order valence-corrected chi connectivity index (χ0v) is 14.0. The van der Waals surface area contributed by atoms with Crippen LogP contribution < -0.4 is 5.32 Å². The Morgan fingerprint density at radius 3 is 2.65 bits per heavy atom. The van der Waals surface area contributed by atoms with Crippen molar-refractivity contribution < 1.29 is 0 Å². The predicted octanol–water partition coefficient (Wildman–Crippen LogP) is 4.71. The van der Waals surface area contributed by atoms with Gasteiger partial charge in [-0.25, -0.2) is 4.98 Å². The van der Waals surface area contributed by atoms with E-state index >= 15 is 0 Å². The highest BCUT2D eigenvalue weighted by Gasteiger charge is 2.10. The van der Waals surface area contributed by atoms with Crippen LogP contribution in [-0.4, -0.2) is 11.5 Å². The first-order valence-corrected chi connectivity index (χ1v) is 8.33. The van der Waals surface area contributed by atoms with Gasteiger partial charge in [0.2, 0.25) is 0 Å². The number of halogens is 2. The molecule has 0 unspecified atom stereocenters. The van der Waals surface area contributed by atoms with E-state index in [0.717, 1.165) is 36.5 Å². The fraction of sp³-hybridized carbons (Fsp3) is 0.400. The summed E-state index contributed by atoms with van der Waals surface area (Å²) in [4.78, 5) is 6.07. The fourth-order valence-corrected chi connectivity index (χ4v) is 3.47. The van der Waals surface area contributed by atoms with E-state index in [0.29, 0.717) is 10.0 Å². The zero-order valence-electron chi connectivity index (χ0n) is 11.7. The monoisotopic (exact) mass is 328 g/mol. The predicted molar refractivity (Wildman–Crippen MR) is 88.1 cm³/mol. The van der Waals surface area contributed by atoms with Gasteiger partial charge in [0.25, 0.3) is 0 Å². The Bertz CT molecular complexity index is 581. The van der Waals surface area contributed by atoms with Gasteiger partial charge in [-0.15, -0.1) is 11.3 Å². The maximum atomic E-state index is 6.05. The Morgan fingerprint density at radius 1 is 1.20 bits per heavy atom. The molecule has 0 aliphatic heterocycles. The third-order valence-electron chi connectivity index (χ3n) is 3.03. The lowest BCUT2D eigenvalue weighted by atomic mass is 10.1. The molecule has 1 N–H and O–H groups in total. The van der Waals surface area contributed by atoms with Crippen molar-refractivity contribution in [2.45, 2.75) is 33.2 Å². The molecule has 0 spiro atoms. The molecule has 2 aromatic rings. The molecule has 0 saturated carbocycles. The Balaban J connectivity index is 2.16. The van der Waals surface area contributed by atoms with Crippen molar-refractivity contribution in [2.75, 3.05) is 6.54 Å². The minimum Gasteiger partial charge on any atom is -0.312 e. The highest BCUT2D eigenvalue weighted by Crippen LogP contribution is 2.26. The SMILES string of the molecule is CCNCc1sc(Cc2ccc(Cl)c(Cl)c2)nc1CC. The van der Waals surface area contributed by atoms with Gasteiger partial charge in [-0.3, -0.25) is 0 Å². The summed E-state index contributed by atoms with van der Waals surface area (Å²) in [6.45, 7) is 6.14. The second-order valence-electron chi connectivity index (χ2n) is 4.54. The van der Waals surface area contributed by atoms with Gasteiger partial charge >= 0.3 is 0 Å². The molecule has 2 nitrogen and oxygen atoms in total. The largest absolute Gasteiger partial charge is 0.312 e. The van der Waals surface area contributed by atoms with Crippen molar-refractivity contribution in [3.05, 3.63) is 49.4 Å². The van der Waals surface area contributed by atoms with Crippen LogP contribution in [0, 0.1) is 0 Å². The Kier molecular flexibility index (Phi) is 5.85. The van der Waals surface area contributed by atoms with Crippen LogP contribution in [0.3, 0.4) is 0 Å². The van der Waals surface area contributed by atoms with Crippen molar-refractivity contribution in [1.82, 2.24) is 10.3 Å². The number of rotatable bonds is 6. The second kappa shape index (κ2) is 7.41.